The number of hydrogen-bond acceptors (Lipinski definition) is 5. The number of amides is 1. The lowest BCUT2D eigenvalue weighted by atomic mass is 10.2. The molecule has 0 unspecified atom stereocenters. The van der Waals surface area contributed by atoms with E-state index in [1.165, 1.54) is 19.2 Å². The lowest BCUT2D eigenvalue weighted by Gasteiger charge is -2.17. The Morgan fingerprint density at radius 1 is 1.32 bits per heavy atom. The first-order valence-corrected chi connectivity index (χ1v) is 7.82. The molecule has 0 spiro atoms. The smallest absolute Gasteiger partial charge is 0.296 e. The molecule has 0 saturated heterocycles. The number of halogens is 1. The molecule has 0 radical (unpaired) electrons. The molecule has 132 valence electrons. The molecule has 0 aliphatic carbocycles. The topological polar surface area (TPSA) is 84.7 Å². The Bertz CT molecular complexity index is 782. The second-order valence-electron chi connectivity index (χ2n) is 5.45. The Hall–Kier alpha value is -2.64. The summed E-state index contributed by atoms with van der Waals surface area (Å²) in [4.78, 5) is 24.5. The van der Waals surface area contributed by atoms with Crippen LogP contribution in [0.3, 0.4) is 0 Å². The fourth-order valence-corrected chi connectivity index (χ4v) is 2.50. The lowest BCUT2D eigenvalue weighted by molar-refractivity contribution is -0.384. The number of carbonyl (C=O) groups is 1. The van der Waals surface area contributed by atoms with E-state index in [-0.39, 0.29) is 23.8 Å². The molecule has 2 aromatic carbocycles. The third-order valence-corrected chi connectivity index (χ3v) is 3.86. The van der Waals surface area contributed by atoms with Gasteiger partial charge in [0.1, 0.15) is 11.4 Å². The van der Waals surface area contributed by atoms with Crippen molar-refractivity contribution >= 4 is 28.9 Å². The zero-order valence-corrected chi connectivity index (χ0v) is 14.6. The first-order valence-electron chi connectivity index (χ1n) is 7.45. The largest absolute Gasteiger partial charge is 0.496 e. The molecule has 0 aliphatic rings. The summed E-state index contributed by atoms with van der Waals surface area (Å²) < 4.78 is 4.97. The molecule has 2 rings (SSSR count). The second-order valence-corrected chi connectivity index (χ2v) is 5.86. The number of hydrogen-bond donors (Lipinski definition) is 1. The SMILES string of the molecule is COc1ccc(NC(=O)CN(C)Cc2ccccc2Cl)c([N+](=O)[O-])c1. The summed E-state index contributed by atoms with van der Waals surface area (Å²) in [5.74, 6) is -0.0108. The lowest BCUT2D eigenvalue weighted by Crippen LogP contribution is -2.30. The van der Waals surface area contributed by atoms with Crippen LogP contribution in [0.2, 0.25) is 5.02 Å². The van der Waals surface area contributed by atoms with Crippen LogP contribution in [-0.4, -0.2) is 36.4 Å². The highest BCUT2D eigenvalue weighted by molar-refractivity contribution is 6.31. The summed E-state index contributed by atoms with van der Waals surface area (Å²) >= 11 is 6.10. The minimum atomic E-state index is -0.564. The molecule has 2 aromatic rings. The van der Waals surface area contributed by atoms with E-state index in [1.54, 1.807) is 24.1 Å². The van der Waals surface area contributed by atoms with Gasteiger partial charge in [-0.2, -0.15) is 0 Å². The van der Waals surface area contributed by atoms with Gasteiger partial charge in [-0.25, -0.2) is 0 Å². The summed E-state index contributed by atoms with van der Waals surface area (Å²) in [6, 6.07) is 11.6. The molecule has 0 aliphatic heterocycles. The van der Waals surface area contributed by atoms with E-state index in [9.17, 15) is 14.9 Å². The van der Waals surface area contributed by atoms with Crippen LogP contribution < -0.4 is 10.1 Å². The number of nitrogens with one attached hydrogen (secondary N) is 1. The average molecular weight is 364 g/mol. The van der Waals surface area contributed by atoms with Crippen molar-refractivity contribution in [1.82, 2.24) is 4.90 Å². The van der Waals surface area contributed by atoms with E-state index < -0.39 is 4.92 Å². The van der Waals surface area contributed by atoms with Gasteiger partial charge in [-0.15, -0.1) is 0 Å². The van der Waals surface area contributed by atoms with Gasteiger partial charge in [0.05, 0.1) is 24.6 Å². The van der Waals surface area contributed by atoms with E-state index in [4.69, 9.17) is 16.3 Å². The van der Waals surface area contributed by atoms with Crippen LogP contribution in [0.25, 0.3) is 0 Å². The molecule has 25 heavy (non-hydrogen) atoms. The molecule has 1 N–H and O–H groups in total. The number of ether oxygens (including phenoxy) is 1. The molecule has 0 saturated carbocycles. The quantitative estimate of drug-likeness (QED) is 0.602. The zero-order valence-electron chi connectivity index (χ0n) is 13.9. The maximum Gasteiger partial charge on any atom is 0.296 e. The number of likely N-dealkylation sites (N-methyl/N-ethyl adjacent to an activating group) is 1. The van der Waals surface area contributed by atoms with Gasteiger partial charge < -0.3 is 10.1 Å². The average Bonchev–Trinajstić information content (AvgIpc) is 2.57. The van der Waals surface area contributed by atoms with E-state index >= 15 is 0 Å². The summed E-state index contributed by atoms with van der Waals surface area (Å²) in [6.07, 6.45) is 0. The molecule has 0 atom stereocenters. The van der Waals surface area contributed by atoms with Crippen molar-refractivity contribution in [1.29, 1.82) is 0 Å². The standard InChI is InChI=1S/C17H18ClN3O4/c1-20(10-12-5-3-4-6-14(12)18)11-17(22)19-15-8-7-13(25-2)9-16(15)21(23)24/h3-9H,10-11H2,1-2H3,(H,19,22). The van der Waals surface area contributed by atoms with Crippen LogP contribution in [0.4, 0.5) is 11.4 Å². The molecule has 7 nitrogen and oxygen atoms in total. The Morgan fingerprint density at radius 2 is 2.04 bits per heavy atom. The summed E-state index contributed by atoms with van der Waals surface area (Å²) in [5.41, 5.74) is 0.804. The minimum Gasteiger partial charge on any atom is -0.496 e. The second kappa shape index (κ2) is 8.46. The van der Waals surface area contributed by atoms with Crippen molar-refractivity contribution < 1.29 is 14.5 Å². The molecule has 1 amide bonds. The van der Waals surface area contributed by atoms with Crippen LogP contribution in [0.15, 0.2) is 42.5 Å². The highest BCUT2D eigenvalue weighted by atomic mass is 35.5. The van der Waals surface area contributed by atoms with Crippen molar-refractivity contribution in [2.45, 2.75) is 6.54 Å². The van der Waals surface area contributed by atoms with Crippen LogP contribution >= 0.6 is 11.6 Å². The monoisotopic (exact) mass is 363 g/mol. The fraction of sp³-hybridized carbons (Fsp3) is 0.235. The normalized spacial score (nSPS) is 10.6. The number of methoxy groups -OCH3 is 1. The first kappa shape index (κ1) is 18.7. The third-order valence-electron chi connectivity index (χ3n) is 3.49. The van der Waals surface area contributed by atoms with Crippen molar-refractivity contribution in [2.24, 2.45) is 0 Å². The van der Waals surface area contributed by atoms with Gasteiger partial charge in [0.25, 0.3) is 5.69 Å². The first-order chi connectivity index (χ1) is 11.9. The number of benzene rings is 2. The van der Waals surface area contributed by atoms with Gasteiger partial charge in [0.15, 0.2) is 0 Å². The Kier molecular flexibility index (Phi) is 6.32. The summed E-state index contributed by atoms with van der Waals surface area (Å²) in [6.45, 7) is 0.548. The van der Waals surface area contributed by atoms with Crippen molar-refractivity contribution in [3.05, 3.63) is 63.2 Å². The minimum absolute atomic E-state index is 0.0639. The van der Waals surface area contributed by atoms with Gasteiger partial charge in [0, 0.05) is 11.6 Å². The van der Waals surface area contributed by atoms with E-state index in [1.807, 2.05) is 18.2 Å². The third kappa shape index (κ3) is 5.17. The maximum absolute atomic E-state index is 12.2. The van der Waals surface area contributed by atoms with Crippen molar-refractivity contribution in [3.8, 4) is 5.75 Å². The van der Waals surface area contributed by atoms with Gasteiger partial charge in [-0.1, -0.05) is 29.8 Å². The number of nitro benzene ring substituents is 1. The maximum atomic E-state index is 12.2. The highest BCUT2D eigenvalue weighted by Gasteiger charge is 2.18. The number of rotatable bonds is 7. The van der Waals surface area contributed by atoms with Gasteiger partial charge in [0.2, 0.25) is 5.91 Å². The van der Waals surface area contributed by atoms with Crippen LogP contribution in [0, 0.1) is 10.1 Å². The van der Waals surface area contributed by atoms with Crippen LogP contribution in [0.1, 0.15) is 5.56 Å². The zero-order chi connectivity index (χ0) is 18.4. The molecule has 8 heteroatoms. The van der Waals surface area contributed by atoms with Crippen molar-refractivity contribution in [2.75, 3.05) is 26.0 Å². The van der Waals surface area contributed by atoms with Crippen LogP contribution in [0.5, 0.6) is 5.75 Å². The predicted molar refractivity (Wildman–Crippen MR) is 96.1 cm³/mol. The van der Waals surface area contributed by atoms with Crippen LogP contribution in [-0.2, 0) is 11.3 Å². The molecule has 0 aromatic heterocycles. The van der Waals surface area contributed by atoms with E-state index in [0.717, 1.165) is 5.56 Å². The molecule has 0 bridgehead atoms. The molecular formula is C17H18ClN3O4. The van der Waals surface area contributed by atoms with E-state index in [0.29, 0.717) is 17.3 Å². The number of nitrogens with zero attached hydrogens (tertiary/aromatic N) is 2. The van der Waals surface area contributed by atoms with Gasteiger partial charge in [-0.05, 0) is 30.8 Å². The Morgan fingerprint density at radius 3 is 2.68 bits per heavy atom. The predicted octanol–water partition coefficient (Wildman–Crippen LogP) is 3.33. The number of nitro groups is 1. The van der Waals surface area contributed by atoms with Gasteiger partial charge in [-0.3, -0.25) is 19.8 Å². The van der Waals surface area contributed by atoms with Crippen molar-refractivity contribution in [3.63, 3.8) is 0 Å². The highest BCUT2D eigenvalue weighted by Crippen LogP contribution is 2.28. The molecule has 0 heterocycles. The number of anilines is 1. The number of carbonyl (C=O) groups excluding carboxylic acids is 1. The Balaban J connectivity index is 2.02. The van der Waals surface area contributed by atoms with Gasteiger partial charge >= 0.3 is 0 Å². The summed E-state index contributed by atoms with van der Waals surface area (Å²) in [7, 11) is 3.19. The molecular weight excluding hydrogens is 346 g/mol. The summed E-state index contributed by atoms with van der Waals surface area (Å²) in [5, 5.41) is 14.3. The molecule has 0 fully saturated rings. The Labute approximate surface area is 150 Å². The fourth-order valence-electron chi connectivity index (χ4n) is 2.30. The van der Waals surface area contributed by atoms with E-state index in [2.05, 4.69) is 5.32 Å².